The molecule has 0 bridgehead atoms. The van der Waals surface area contributed by atoms with Gasteiger partial charge in [0.05, 0.1) is 18.6 Å². The largest absolute Gasteiger partial charge is 0.467 e. The first-order valence-electron chi connectivity index (χ1n) is 27.4. The van der Waals surface area contributed by atoms with E-state index in [2.05, 4.69) is 54.5 Å². The van der Waals surface area contributed by atoms with Gasteiger partial charge in [-0.05, 0) is 109 Å². The van der Waals surface area contributed by atoms with Crippen LogP contribution in [0.2, 0.25) is 0 Å². The van der Waals surface area contributed by atoms with Crippen LogP contribution in [0.1, 0.15) is 161 Å². The minimum absolute atomic E-state index is 0.0958. The molecule has 21 nitrogen and oxygen atoms in total. The first-order valence-corrected chi connectivity index (χ1v) is 27.4. The summed E-state index contributed by atoms with van der Waals surface area (Å²) in [6, 6.07) is 0. The highest BCUT2D eigenvalue weighted by Crippen LogP contribution is 2.76. The minimum Gasteiger partial charge on any atom is -0.467 e. The summed E-state index contributed by atoms with van der Waals surface area (Å²) in [7, 11) is 1.14. The normalized spacial score (nSPS) is 40.2. The smallest absolute Gasteiger partial charge is 0.339 e. The van der Waals surface area contributed by atoms with Gasteiger partial charge < -0.3 is 56.8 Å². The second kappa shape index (κ2) is 22.4. The Morgan fingerprint density at radius 3 is 1.64 bits per heavy atom. The van der Waals surface area contributed by atoms with Crippen LogP contribution in [0.25, 0.3) is 0 Å². The number of ether oxygens (including phenoxy) is 12. The van der Waals surface area contributed by atoms with E-state index in [4.69, 9.17) is 56.8 Å². The number of carbonyl (C=O) groups is 9. The Bertz CT molecular complexity index is 2410. The van der Waals surface area contributed by atoms with E-state index in [0.717, 1.165) is 67.4 Å². The Morgan fingerprint density at radius 2 is 1.08 bits per heavy atom. The zero-order chi connectivity index (χ0) is 57.8. The number of methoxy groups -OCH3 is 1. The van der Waals surface area contributed by atoms with Gasteiger partial charge in [0.15, 0.2) is 42.9 Å². The van der Waals surface area contributed by atoms with Gasteiger partial charge in [-0.25, -0.2) is 4.79 Å². The van der Waals surface area contributed by atoms with Crippen molar-refractivity contribution in [3.8, 4) is 0 Å². The Balaban J connectivity index is 1.19. The van der Waals surface area contributed by atoms with Gasteiger partial charge in [0, 0.05) is 48.5 Å². The molecule has 2 aliphatic heterocycles. The van der Waals surface area contributed by atoms with Gasteiger partial charge in [-0.3, -0.25) is 38.4 Å². The highest BCUT2D eigenvalue weighted by atomic mass is 16.8. The van der Waals surface area contributed by atoms with Crippen LogP contribution in [0.5, 0.6) is 0 Å². The molecule has 0 radical (unpaired) electrons. The Kier molecular flexibility index (Phi) is 17.4. The number of hydrogen-bond acceptors (Lipinski definition) is 21. The van der Waals surface area contributed by atoms with Gasteiger partial charge in [-0.15, -0.1) is 0 Å². The summed E-state index contributed by atoms with van der Waals surface area (Å²) in [6.45, 7) is 23.5. The van der Waals surface area contributed by atoms with Crippen molar-refractivity contribution in [3.05, 3.63) is 11.6 Å². The topological polar surface area (TPSA) is 264 Å². The van der Waals surface area contributed by atoms with Crippen LogP contribution >= 0.6 is 0 Å². The van der Waals surface area contributed by atoms with Crippen molar-refractivity contribution in [1.29, 1.82) is 0 Å². The number of carbonyl (C=O) groups excluding carboxylic acids is 9. The van der Waals surface area contributed by atoms with E-state index in [-0.39, 0.29) is 39.4 Å². The van der Waals surface area contributed by atoms with E-state index < -0.39 is 139 Å². The molecule has 18 atom stereocenters. The summed E-state index contributed by atoms with van der Waals surface area (Å²) in [6.07, 6.45) is -6.30. The molecule has 0 aromatic rings. The zero-order valence-electron chi connectivity index (χ0n) is 48.0. The summed E-state index contributed by atoms with van der Waals surface area (Å²) in [5.41, 5.74) is -1.34. The van der Waals surface area contributed by atoms with Gasteiger partial charge in [-0.2, -0.15) is 0 Å². The molecule has 436 valence electrons. The summed E-state index contributed by atoms with van der Waals surface area (Å²) in [5, 5.41) is 0. The van der Waals surface area contributed by atoms with Crippen molar-refractivity contribution in [1.82, 2.24) is 0 Å². The summed E-state index contributed by atoms with van der Waals surface area (Å²) >= 11 is 0. The third-order valence-electron chi connectivity index (χ3n) is 19.3. The monoisotopic (exact) mass is 1100 g/mol. The molecule has 0 amide bonds. The maximum absolute atomic E-state index is 15.5. The van der Waals surface area contributed by atoms with E-state index in [1.165, 1.54) is 19.4 Å². The fourth-order valence-corrected chi connectivity index (χ4v) is 15.7. The Morgan fingerprint density at radius 1 is 0.551 bits per heavy atom. The average Bonchev–Trinajstić information content (AvgIpc) is 3.49. The average molecular weight is 1100 g/mol. The lowest BCUT2D eigenvalue weighted by Gasteiger charge is -2.71. The minimum atomic E-state index is -1.66. The number of rotatable bonds is 13. The fourth-order valence-electron chi connectivity index (χ4n) is 15.7. The summed E-state index contributed by atoms with van der Waals surface area (Å²) in [4.78, 5) is 116. The van der Waals surface area contributed by atoms with Crippen LogP contribution in [0.4, 0.5) is 0 Å². The molecule has 7 aliphatic rings. The molecule has 2 heterocycles. The molecule has 4 saturated carbocycles. The van der Waals surface area contributed by atoms with Crippen LogP contribution in [0, 0.1) is 50.2 Å². The van der Waals surface area contributed by atoms with Crippen molar-refractivity contribution in [2.24, 2.45) is 50.2 Å². The predicted molar refractivity (Wildman–Crippen MR) is 269 cm³/mol. The Labute approximate surface area is 456 Å². The van der Waals surface area contributed by atoms with Crippen molar-refractivity contribution >= 4 is 53.7 Å². The van der Waals surface area contributed by atoms with Crippen LogP contribution < -0.4 is 0 Å². The van der Waals surface area contributed by atoms with Crippen molar-refractivity contribution in [2.75, 3.05) is 13.7 Å². The van der Waals surface area contributed by atoms with Crippen LogP contribution in [-0.2, 0) is 100.0 Å². The van der Waals surface area contributed by atoms with Gasteiger partial charge >= 0.3 is 53.7 Å². The molecule has 78 heavy (non-hydrogen) atoms. The third-order valence-corrected chi connectivity index (χ3v) is 19.3. The molecule has 21 heteroatoms. The summed E-state index contributed by atoms with van der Waals surface area (Å²) < 4.78 is 70.0. The van der Waals surface area contributed by atoms with Crippen LogP contribution in [0.3, 0.4) is 0 Å². The van der Waals surface area contributed by atoms with E-state index in [1.807, 2.05) is 0 Å². The first kappa shape index (κ1) is 60.5. The molecular formula is C57H82O21. The second-order valence-corrected chi connectivity index (χ2v) is 25.0. The highest BCUT2D eigenvalue weighted by Gasteiger charge is 2.70. The molecule has 7 rings (SSSR count). The standard InChI is InChI=1S/C57H82O21/c1-28(58)68-27-37-41(69-29(2)59)42(70-30(3)60)46(73-33(6)63)49(75-37)78-51(66)57-24-22-52(8,9)26-36(57)35-16-17-39-54(12)20-19-40(53(10,11)38(54)18-21-56(39,14)55(35,13)23-25-57)76-50-47(74-34(7)64)44(72-32(5)62)43(71-31(4)61)45(77-50)48(65)67-15/h16,36-47,49-50H,17-27H2,1-15H3/t36-,37+,38-,39+,40-,41+,42-,43-,44-,45-,46+,47+,49-,50+,54-,55+,56+,57-/m0/s1. The number of fused-ring (bicyclic) bond motifs is 7. The molecule has 6 fully saturated rings. The number of esters is 9. The van der Waals surface area contributed by atoms with Gasteiger partial charge in [-0.1, -0.05) is 60.1 Å². The van der Waals surface area contributed by atoms with E-state index in [1.54, 1.807) is 0 Å². The maximum Gasteiger partial charge on any atom is 0.339 e. The molecule has 5 aliphatic carbocycles. The van der Waals surface area contributed by atoms with Gasteiger partial charge in [0.1, 0.15) is 12.7 Å². The molecule has 0 spiro atoms. The van der Waals surface area contributed by atoms with Crippen LogP contribution in [0.15, 0.2) is 11.6 Å². The van der Waals surface area contributed by atoms with Crippen molar-refractivity contribution < 1.29 is 100.0 Å². The molecule has 0 aromatic heterocycles. The second-order valence-electron chi connectivity index (χ2n) is 25.0. The molecule has 0 unspecified atom stereocenters. The number of hydrogen-bond donors (Lipinski definition) is 0. The fraction of sp³-hybridized carbons (Fsp3) is 0.807. The van der Waals surface area contributed by atoms with Gasteiger partial charge in [0.2, 0.25) is 12.4 Å². The molecule has 0 aromatic carbocycles. The van der Waals surface area contributed by atoms with E-state index >= 15 is 4.79 Å². The predicted octanol–water partition coefficient (Wildman–Crippen LogP) is 6.49. The molecular weight excluding hydrogens is 1020 g/mol. The molecule has 2 saturated heterocycles. The zero-order valence-corrected chi connectivity index (χ0v) is 48.0. The molecule has 0 N–H and O–H groups in total. The first-order chi connectivity index (χ1) is 36.2. The lowest BCUT2D eigenvalue weighted by molar-refractivity contribution is -0.327. The maximum atomic E-state index is 15.5. The third kappa shape index (κ3) is 11.3. The highest BCUT2D eigenvalue weighted by molar-refractivity contribution is 5.79. The lowest BCUT2D eigenvalue weighted by Crippen LogP contribution is -2.67. The van der Waals surface area contributed by atoms with Crippen LogP contribution in [-0.4, -0.2) is 135 Å². The van der Waals surface area contributed by atoms with E-state index in [0.29, 0.717) is 38.5 Å². The lowest BCUT2D eigenvalue weighted by atomic mass is 9.33. The van der Waals surface area contributed by atoms with Crippen molar-refractivity contribution in [2.45, 2.75) is 229 Å². The Hall–Kier alpha value is -5.15. The SMILES string of the molecule is COC(=O)[C@H]1O[C@@H](O[C@H]2CC[C@]3(C)[C@H]4CC=C5[C@@H]6CC(C)(C)CC[C@]6(C(=O)O[C@@H]6O[C@H](COC(C)=O)[C@@H](OC(C)=O)[C@H](OC(C)=O)[C@H]6OC(C)=O)CC[C@@]5(C)[C@]4(C)CC[C@H]3C2(C)C)[C@H](OC(C)=O)[C@@H](OC(C)=O)[C@@H]1OC(C)=O. The number of allylic oxidation sites excluding steroid dienone is 2. The van der Waals surface area contributed by atoms with E-state index in [9.17, 15) is 38.4 Å². The quantitative estimate of drug-likeness (QED) is 0.0825. The summed E-state index contributed by atoms with van der Waals surface area (Å²) in [5.74, 6) is -6.84. The van der Waals surface area contributed by atoms with Gasteiger partial charge in [0.25, 0.3) is 0 Å². The van der Waals surface area contributed by atoms with Crippen molar-refractivity contribution in [3.63, 3.8) is 0 Å².